The fourth-order valence-corrected chi connectivity index (χ4v) is 1.68. The lowest BCUT2D eigenvalue weighted by Crippen LogP contribution is -2.12. The van der Waals surface area contributed by atoms with E-state index in [1.54, 1.807) is 7.11 Å². The topological polar surface area (TPSA) is 35.5 Å². The van der Waals surface area contributed by atoms with Gasteiger partial charge in [-0.1, -0.05) is 18.2 Å². The van der Waals surface area contributed by atoms with Gasteiger partial charge in [0.15, 0.2) is 0 Å². The average molecular weight is 192 g/mol. The van der Waals surface area contributed by atoms with Crippen molar-refractivity contribution in [1.29, 1.82) is 0 Å². The van der Waals surface area contributed by atoms with Crippen molar-refractivity contribution in [2.75, 3.05) is 7.11 Å². The minimum absolute atomic E-state index is 0.408. The Kier molecular flexibility index (Phi) is 2.15. The highest BCUT2D eigenvalue weighted by atomic mass is 16.5. The van der Waals surface area contributed by atoms with Crippen LogP contribution in [0.5, 0.6) is 5.75 Å². The molecule has 14 heavy (non-hydrogen) atoms. The van der Waals surface area contributed by atoms with Crippen LogP contribution in [-0.4, -0.2) is 13.6 Å². The van der Waals surface area contributed by atoms with Crippen LogP contribution in [0.15, 0.2) is 24.3 Å². The zero-order valence-electron chi connectivity index (χ0n) is 8.03. The second kappa shape index (κ2) is 3.33. The normalized spacial score (nSPS) is 17.2. The van der Waals surface area contributed by atoms with E-state index >= 15 is 0 Å². The molecule has 0 N–H and O–H groups in total. The molecule has 0 radical (unpaired) electrons. The Morgan fingerprint density at radius 1 is 1.36 bits per heavy atom. The van der Waals surface area contributed by atoms with Crippen LogP contribution in [0.25, 0.3) is 0 Å². The largest absolute Gasteiger partial charge is 0.496 e. The molecule has 3 heteroatoms. The van der Waals surface area contributed by atoms with Gasteiger partial charge in [0.1, 0.15) is 11.4 Å². The Morgan fingerprint density at radius 3 is 2.64 bits per heavy atom. The molecule has 3 nitrogen and oxygen atoms in total. The maximum Gasteiger partial charge on any atom is 0.293 e. The molecular weight excluding hydrogens is 180 g/mol. The summed E-state index contributed by atoms with van der Waals surface area (Å²) < 4.78 is 10.3. The maximum absolute atomic E-state index is 10.4. The molecule has 0 unspecified atom stereocenters. The molecule has 2 rings (SSSR count). The molecule has 1 aromatic carbocycles. The summed E-state index contributed by atoms with van der Waals surface area (Å²) in [5.41, 5.74) is 0.559. The van der Waals surface area contributed by atoms with Crippen molar-refractivity contribution >= 4 is 6.47 Å². The van der Waals surface area contributed by atoms with Crippen molar-refractivity contribution in [2.24, 2.45) is 0 Å². The van der Waals surface area contributed by atoms with Gasteiger partial charge in [0.25, 0.3) is 6.47 Å². The quantitative estimate of drug-likeness (QED) is 0.683. The fourth-order valence-electron chi connectivity index (χ4n) is 1.68. The third kappa shape index (κ3) is 1.35. The van der Waals surface area contributed by atoms with Crippen LogP contribution in [0, 0.1) is 0 Å². The first-order valence-electron chi connectivity index (χ1n) is 4.57. The van der Waals surface area contributed by atoms with Crippen molar-refractivity contribution in [2.45, 2.75) is 18.4 Å². The minimum Gasteiger partial charge on any atom is -0.496 e. The van der Waals surface area contributed by atoms with Gasteiger partial charge in [-0.3, -0.25) is 4.79 Å². The summed E-state index contributed by atoms with van der Waals surface area (Å²) in [6.45, 7) is 0.513. The summed E-state index contributed by atoms with van der Waals surface area (Å²) in [5.74, 6) is 0.784. The second-order valence-corrected chi connectivity index (χ2v) is 3.41. The highest BCUT2D eigenvalue weighted by molar-refractivity contribution is 5.46. The number of para-hydroxylation sites is 1. The number of benzene rings is 1. The molecule has 1 saturated carbocycles. The smallest absolute Gasteiger partial charge is 0.293 e. The summed E-state index contributed by atoms with van der Waals surface area (Å²) in [4.78, 5) is 10.4. The Morgan fingerprint density at radius 2 is 2.07 bits per heavy atom. The molecule has 0 bridgehead atoms. The summed E-state index contributed by atoms with van der Waals surface area (Å²) in [6.07, 6.45) is 1.76. The number of carbonyl (C=O) groups is 1. The van der Waals surface area contributed by atoms with E-state index in [0.29, 0.717) is 6.47 Å². The third-order valence-electron chi connectivity index (χ3n) is 2.58. The van der Waals surface area contributed by atoms with E-state index in [1.807, 2.05) is 24.3 Å². The number of hydrogen-bond donors (Lipinski definition) is 0. The predicted molar refractivity (Wildman–Crippen MR) is 51.1 cm³/mol. The van der Waals surface area contributed by atoms with E-state index in [0.717, 1.165) is 24.2 Å². The Hall–Kier alpha value is -1.51. The SMILES string of the molecule is COc1ccccc1C1(OC=O)CC1. The van der Waals surface area contributed by atoms with Crippen LogP contribution < -0.4 is 4.74 Å². The fraction of sp³-hybridized carbons (Fsp3) is 0.364. The molecular formula is C11H12O3. The first-order chi connectivity index (χ1) is 6.82. The van der Waals surface area contributed by atoms with E-state index < -0.39 is 5.60 Å². The van der Waals surface area contributed by atoms with Gasteiger partial charge in [-0.2, -0.15) is 0 Å². The van der Waals surface area contributed by atoms with Gasteiger partial charge < -0.3 is 9.47 Å². The zero-order valence-corrected chi connectivity index (χ0v) is 8.03. The monoisotopic (exact) mass is 192 g/mol. The van der Waals surface area contributed by atoms with Crippen molar-refractivity contribution in [3.8, 4) is 5.75 Å². The summed E-state index contributed by atoms with van der Waals surface area (Å²) in [5, 5.41) is 0. The standard InChI is InChI=1S/C11H12O3/c1-13-10-5-3-2-4-9(10)11(6-7-11)14-8-12/h2-5,8H,6-7H2,1H3. The van der Waals surface area contributed by atoms with Crippen LogP contribution >= 0.6 is 0 Å². The highest BCUT2D eigenvalue weighted by Gasteiger charge is 2.48. The first kappa shape index (κ1) is 9.06. The van der Waals surface area contributed by atoms with Crippen LogP contribution in [0.4, 0.5) is 0 Å². The van der Waals surface area contributed by atoms with E-state index in [-0.39, 0.29) is 0 Å². The van der Waals surface area contributed by atoms with Crippen LogP contribution in [-0.2, 0) is 15.1 Å². The molecule has 74 valence electrons. The van der Waals surface area contributed by atoms with E-state index in [4.69, 9.17) is 9.47 Å². The average Bonchev–Trinajstić information content (AvgIpc) is 2.99. The summed E-state index contributed by atoms with van der Waals surface area (Å²) >= 11 is 0. The van der Waals surface area contributed by atoms with Gasteiger partial charge in [-0.25, -0.2) is 0 Å². The summed E-state index contributed by atoms with van der Waals surface area (Å²) in [7, 11) is 1.62. The lowest BCUT2D eigenvalue weighted by atomic mass is 10.1. The molecule has 0 saturated heterocycles. The number of hydrogen-bond acceptors (Lipinski definition) is 3. The van der Waals surface area contributed by atoms with E-state index in [2.05, 4.69) is 0 Å². The van der Waals surface area contributed by atoms with Gasteiger partial charge in [-0.15, -0.1) is 0 Å². The molecule has 0 amide bonds. The van der Waals surface area contributed by atoms with Crippen LogP contribution in [0.1, 0.15) is 18.4 Å². The molecule has 0 aromatic heterocycles. The third-order valence-corrected chi connectivity index (χ3v) is 2.58. The van der Waals surface area contributed by atoms with Gasteiger partial charge in [0.2, 0.25) is 0 Å². The number of rotatable bonds is 4. The lowest BCUT2D eigenvalue weighted by Gasteiger charge is -2.16. The van der Waals surface area contributed by atoms with Gasteiger partial charge in [0, 0.05) is 5.56 Å². The van der Waals surface area contributed by atoms with Crippen molar-refractivity contribution in [3.05, 3.63) is 29.8 Å². The second-order valence-electron chi connectivity index (χ2n) is 3.41. The molecule has 0 aliphatic heterocycles. The highest BCUT2D eigenvalue weighted by Crippen LogP contribution is 2.51. The van der Waals surface area contributed by atoms with Crippen molar-refractivity contribution in [1.82, 2.24) is 0 Å². The molecule has 0 atom stereocenters. The van der Waals surface area contributed by atoms with Gasteiger partial charge >= 0.3 is 0 Å². The zero-order chi connectivity index (χ0) is 10.0. The summed E-state index contributed by atoms with van der Waals surface area (Å²) in [6, 6.07) is 7.64. The molecule has 0 spiro atoms. The predicted octanol–water partition coefficient (Wildman–Crippen LogP) is 1.86. The van der Waals surface area contributed by atoms with Crippen molar-refractivity contribution in [3.63, 3.8) is 0 Å². The van der Waals surface area contributed by atoms with Gasteiger partial charge in [0.05, 0.1) is 7.11 Å². The Bertz CT molecular complexity index is 342. The molecule has 1 aliphatic rings. The van der Waals surface area contributed by atoms with Crippen LogP contribution in [0.3, 0.4) is 0 Å². The maximum atomic E-state index is 10.4. The minimum atomic E-state index is -0.408. The molecule has 1 fully saturated rings. The Balaban J connectivity index is 2.35. The lowest BCUT2D eigenvalue weighted by molar-refractivity contribution is -0.136. The molecule has 0 heterocycles. The number of carbonyl (C=O) groups excluding carboxylic acids is 1. The molecule has 1 aromatic rings. The van der Waals surface area contributed by atoms with E-state index in [9.17, 15) is 4.79 Å². The number of ether oxygens (including phenoxy) is 2. The van der Waals surface area contributed by atoms with Gasteiger partial charge in [-0.05, 0) is 18.9 Å². The van der Waals surface area contributed by atoms with Crippen molar-refractivity contribution < 1.29 is 14.3 Å². The number of methoxy groups -OCH3 is 1. The van der Waals surface area contributed by atoms with Crippen LogP contribution in [0.2, 0.25) is 0 Å². The Labute approximate surface area is 82.6 Å². The first-order valence-corrected chi connectivity index (χ1v) is 4.57. The molecule has 1 aliphatic carbocycles. The van der Waals surface area contributed by atoms with E-state index in [1.165, 1.54) is 0 Å².